The smallest absolute Gasteiger partial charge is 0.309 e. The Morgan fingerprint density at radius 3 is 1.59 bits per heavy atom. The number of hydrogen-bond acceptors (Lipinski definition) is 7. The van der Waals surface area contributed by atoms with Crippen LogP contribution >= 0.6 is 22.7 Å². The maximum absolute atomic E-state index is 13.0. The van der Waals surface area contributed by atoms with E-state index in [1.54, 1.807) is 0 Å². The minimum atomic E-state index is -0.524. The second-order valence-electron chi connectivity index (χ2n) is 16.8. The lowest BCUT2D eigenvalue weighted by atomic mass is 9.40. The molecule has 10 rings (SSSR count). The third-order valence-corrected chi connectivity index (χ3v) is 13.2. The number of nitrogen functional groups attached to an aromatic ring is 1. The van der Waals surface area contributed by atoms with Gasteiger partial charge in [0.25, 0.3) is 10.0 Å². The summed E-state index contributed by atoms with van der Waals surface area (Å²) in [5.74, 6) is 1.00. The van der Waals surface area contributed by atoms with Crippen molar-refractivity contribution in [3.63, 3.8) is 0 Å². The molecule has 2 aromatic heterocycles. The summed E-state index contributed by atoms with van der Waals surface area (Å²) in [7, 11) is 0. The first kappa shape index (κ1) is 34.3. The van der Waals surface area contributed by atoms with Gasteiger partial charge in [0, 0.05) is 12.4 Å². The number of nitrogens with zero attached hydrogens (tertiary/aromatic N) is 4. The highest BCUT2D eigenvalue weighted by molar-refractivity contribution is 7.19. The molecule has 4 atom stereocenters. The predicted molar refractivity (Wildman–Crippen MR) is 184 cm³/mol. The Morgan fingerprint density at radius 2 is 1.22 bits per heavy atom. The molecule has 0 spiro atoms. The summed E-state index contributed by atoms with van der Waals surface area (Å²) in [5, 5.41) is 14.6. The van der Waals surface area contributed by atoms with Crippen LogP contribution in [0.15, 0.2) is 12.4 Å². The number of carbonyl (C=O) groups excluding carboxylic acids is 1. The first-order valence-electron chi connectivity index (χ1n) is 16.0. The Morgan fingerprint density at radius 1 is 0.783 bits per heavy atom. The normalized spacial score (nSPS) is 40.2. The quantitative estimate of drug-likeness (QED) is 0.281. The molecule has 4 unspecified atom stereocenters. The zero-order valence-electron chi connectivity index (χ0n) is 26.7. The summed E-state index contributed by atoms with van der Waals surface area (Å²) in [5.41, 5.74) is 5.96. The third-order valence-electron chi connectivity index (χ3n) is 11.6. The molecule has 0 aliphatic heterocycles. The number of amides is 1. The Kier molecular flexibility index (Phi) is 8.65. The van der Waals surface area contributed by atoms with Gasteiger partial charge >= 0.3 is 5.97 Å². The predicted octanol–water partition coefficient (Wildman–Crippen LogP) is 9.61. The van der Waals surface area contributed by atoms with Gasteiger partial charge in [0.2, 0.25) is 5.91 Å². The summed E-state index contributed by atoms with van der Waals surface area (Å²) in [6.07, 6.45) is 16.5. The topological polar surface area (TPSA) is 127 Å². The molecule has 8 aliphatic carbocycles. The number of nitrogens with two attached hydrogens (primary N) is 1. The van der Waals surface area contributed by atoms with E-state index in [-0.39, 0.29) is 24.2 Å². The zero-order valence-corrected chi connectivity index (χ0v) is 28.4. The summed E-state index contributed by atoms with van der Waals surface area (Å²) < 4.78 is 0. The van der Waals surface area contributed by atoms with Crippen LogP contribution in [0.4, 0.5) is 20.3 Å². The van der Waals surface area contributed by atoms with Crippen molar-refractivity contribution < 1.29 is 14.7 Å². The highest BCUT2D eigenvalue weighted by atomic mass is 32.1. The van der Waals surface area contributed by atoms with Crippen LogP contribution in [-0.2, 0) is 9.59 Å². The maximum atomic E-state index is 13.0. The van der Waals surface area contributed by atoms with Crippen molar-refractivity contribution in [1.29, 1.82) is 0 Å². The fourth-order valence-electron chi connectivity index (χ4n) is 12.3. The molecular formula is C35H48N6O3S2. The Bertz CT molecular complexity index is 1570. The van der Waals surface area contributed by atoms with E-state index in [1.165, 1.54) is 73.6 Å². The van der Waals surface area contributed by atoms with Gasteiger partial charge in [0.05, 0.1) is 24.0 Å². The van der Waals surface area contributed by atoms with Crippen molar-refractivity contribution in [2.24, 2.45) is 44.3 Å². The van der Waals surface area contributed by atoms with Crippen LogP contribution < -0.4 is 11.1 Å². The fourth-order valence-corrected chi connectivity index (χ4v) is 13.4. The number of hydrogen-bond donors (Lipinski definition) is 3. The van der Waals surface area contributed by atoms with Gasteiger partial charge in [-0.05, 0) is 111 Å². The molecule has 8 bridgehead atoms. The van der Waals surface area contributed by atoms with Crippen molar-refractivity contribution in [2.45, 2.75) is 112 Å². The van der Waals surface area contributed by atoms with Crippen LogP contribution in [0.1, 0.15) is 112 Å². The fraction of sp³-hybridized carbons (Fsp3) is 0.714. The van der Waals surface area contributed by atoms with Gasteiger partial charge in [-0.15, -0.1) is 22.7 Å². The van der Waals surface area contributed by atoms with E-state index in [1.807, 2.05) is 0 Å². The molecule has 9 nitrogen and oxygen atoms in total. The number of anilines is 2. The monoisotopic (exact) mass is 664 g/mol. The van der Waals surface area contributed by atoms with Crippen LogP contribution in [0.25, 0.3) is 9.69 Å². The van der Waals surface area contributed by atoms with Crippen LogP contribution in [0.5, 0.6) is 0 Å². The summed E-state index contributed by atoms with van der Waals surface area (Å²) in [6, 6.07) is 0. The van der Waals surface area contributed by atoms with E-state index in [0.29, 0.717) is 53.8 Å². The zero-order chi connectivity index (χ0) is 32.5. The van der Waals surface area contributed by atoms with E-state index < -0.39 is 5.97 Å². The SMILES string of the molecule is C.CC12CC3CC(C)(C1)CC(C(=O)O)(C3)C2.[C-]#[N+]c1cnc(N)s1.[C-]#[N+]c1cnc(NC(=O)C23CC4CC(C)(CC(C)(C4)C2)C3)s1. The number of aromatic nitrogens is 2. The minimum absolute atomic E-state index is 0. The summed E-state index contributed by atoms with van der Waals surface area (Å²) >= 11 is 2.47. The largest absolute Gasteiger partial charge is 0.481 e. The Hall–Kier alpha value is -3.02. The summed E-state index contributed by atoms with van der Waals surface area (Å²) in [6.45, 7) is 22.9. The van der Waals surface area contributed by atoms with Gasteiger partial charge in [-0.3, -0.25) is 9.59 Å². The van der Waals surface area contributed by atoms with Crippen molar-refractivity contribution in [2.75, 3.05) is 11.1 Å². The molecule has 0 saturated heterocycles. The molecule has 8 saturated carbocycles. The number of rotatable bonds is 3. The van der Waals surface area contributed by atoms with Crippen molar-refractivity contribution in [3.05, 3.63) is 35.2 Å². The van der Waals surface area contributed by atoms with Gasteiger partial charge in [-0.1, -0.05) is 35.1 Å². The van der Waals surface area contributed by atoms with Crippen molar-refractivity contribution >= 4 is 54.8 Å². The lowest BCUT2D eigenvalue weighted by Gasteiger charge is -2.64. The number of carbonyl (C=O) groups is 2. The molecule has 0 aromatic carbocycles. The Balaban J connectivity index is 0.000000150. The van der Waals surface area contributed by atoms with E-state index >= 15 is 0 Å². The van der Waals surface area contributed by atoms with Crippen LogP contribution in [0, 0.1) is 57.5 Å². The maximum Gasteiger partial charge on any atom is 0.309 e. The number of aliphatic carboxylic acids is 1. The molecule has 1 amide bonds. The van der Waals surface area contributed by atoms with E-state index in [4.69, 9.17) is 18.9 Å². The van der Waals surface area contributed by atoms with Crippen LogP contribution in [-0.4, -0.2) is 27.0 Å². The molecule has 4 N–H and O–H groups in total. The number of carboxylic acid groups (broad SMARTS) is 1. The number of nitrogens with one attached hydrogen (secondary N) is 1. The van der Waals surface area contributed by atoms with Crippen molar-refractivity contribution in [1.82, 2.24) is 9.97 Å². The van der Waals surface area contributed by atoms with Crippen LogP contribution in [0.2, 0.25) is 0 Å². The molecule has 46 heavy (non-hydrogen) atoms. The first-order chi connectivity index (χ1) is 21.0. The third kappa shape index (κ3) is 6.42. The average molecular weight is 665 g/mol. The first-order valence-corrected chi connectivity index (χ1v) is 17.6. The molecule has 248 valence electrons. The molecule has 11 heteroatoms. The van der Waals surface area contributed by atoms with E-state index in [2.05, 4.69) is 52.7 Å². The van der Waals surface area contributed by atoms with Gasteiger partial charge in [-0.2, -0.15) is 0 Å². The molecule has 8 aliphatic rings. The number of thiazole rings is 2. The lowest BCUT2D eigenvalue weighted by Crippen LogP contribution is -2.58. The Labute approximate surface area is 281 Å². The van der Waals surface area contributed by atoms with Gasteiger partial charge in [0.15, 0.2) is 10.3 Å². The van der Waals surface area contributed by atoms with Crippen molar-refractivity contribution in [3.8, 4) is 0 Å². The van der Waals surface area contributed by atoms with Crippen LogP contribution in [0.3, 0.4) is 0 Å². The lowest BCUT2D eigenvalue weighted by molar-refractivity contribution is -0.185. The molecule has 0 radical (unpaired) electrons. The molecule has 2 aromatic rings. The minimum Gasteiger partial charge on any atom is -0.481 e. The van der Waals surface area contributed by atoms with E-state index in [9.17, 15) is 14.7 Å². The molecular weight excluding hydrogens is 617 g/mol. The second kappa shape index (κ2) is 11.6. The second-order valence-corrected chi connectivity index (χ2v) is 18.9. The van der Waals surface area contributed by atoms with Gasteiger partial charge < -0.3 is 16.2 Å². The molecule has 8 fully saturated rings. The average Bonchev–Trinajstić information content (AvgIpc) is 3.53. The summed E-state index contributed by atoms with van der Waals surface area (Å²) in [4.78, 5) is 38.9. The van der Waals surface area contributed by atoms with Gasteiger partial charge in [0.1, 0.15) is 0 Å². The number of carboxylic acids is 1. The molecule has 2 heterocycles. The van der Waals surface area contributed by atoms with E-state index in [0.717, 1.165) is 38.5 Å². The van der Waals surface area contributed by atoms with Gasteiger partial charge in [-0.25, -0.2) is 19.7 Å². The highest BCUT2D eigenvalue weighted by Gasteiger charge is 2.64. The highest BCUT2D eigenvalue weighted by Crippen LogP contribution is 2.70. The standard InChI is InChI=1S/C17H21N3OS.C13H20O2.C4H3N3S.CH4/c1-15-4-11-5-16(2,8-15)10-17(6-11,9-15)13(21)20-14-19-7-12(18-3)22-14;1-11-3-9-4-12(2,6-11)8-13(5-9,7-11)10(14)15;1-6-3-2-7-4(5)8-3;/h7,11H,4-6,8-10H2,1-2H3,(H,19,20,21);9H,3-8H2,1-2H3,(H,14,15);2H,(H2,5,7);1H4.